The van der Waals surface area contributed by atoms with Crippen LogP contribution >= 0.6 is 0 Å². The highest BCUT2D eigenvalue weighted by atomic mass is 15.2. The van der Waals surface area contributed by atoms with Crippen LogP contribution in [0.25, 0.3) is 0 Å². The van der Waals surface area contributed by atoms with Gasteiger partial charge in [-0.1, -0.05) is 6.42 Å². The number of aromatic nitrogens is 2. The molecule has 0 bridgehead atoms. The van der Waals surface area contributed by atoms with Crippen molar-refractivity contribution in [2.45, 2.75) is 57.3 Å². The first-order valence-corrected chi connectivity index (χ1v) is 7.29. The summed E-state index contributed by atoms with van der Waals surface area (Å²) in [7, 11) is 0. The first kappa shape index (κ1) is 12.2. The Kier molecular flexibility index (Phi) is 3.66. The number of hydrogen-bond acceptors (Lipinski definition) is 3. The quantitative estimate of drug-likeness (QED) is 0.876. The van der Waals surface area contributed by atoms with Crippen LogP contribution in [-0.2, 0) is 6.54 Å². The van der Waals surface area contributed by atoms with Gasteiger partial charge >= 0.3 is 0 Å². The molecule has 3 rings (SSSR count). The van der Waals surface area contributed by atoms with E-state index >= 15 is 0 Å². The second-order valence-corrected chi connectivity index (χ2v) is 5.82. The minimum absolute atomic E-state index is 0.520. The Labute approximate surface area is 109 Å². The molecule has 3 heterocycles. The molecule has 0 saturated carbocycles. The lowest BCUT2D eigenvalue weighted by Crippen LogP contribution is -2.48. The molecule has 1 aromatic heterocycles. The van der Waals surface area contributed by atoms with Crippen molar-refractivity contribution >= 4 is 0 Å². The van der Waals surface area contributed by atoms with Crippen LogP contribution in [0.4, 0.5) is 0 Å². The highest BCUT2D eigenvalue weighted by Gasteiger charge is 2.35. The molecule has 100 valence electrons. The zero-order chi connectivity index (χ0) is 12.4. The maximum Gasteiger partial charge on any atom is 0.0946 e. The zero-order valence-electron chi connectivity index (χ0n) is 11.3. The molecule has 3 atom stereocenters. The van der Waals surface area contributed by atoms with Crippen molar-refractivity contribution in [2.75, 3.05) is 13.1 Å². The van der Waals surface area contributed by atoms with Crippen molar-refractivity contribution < 1.29 is 0 Å². The van der Waals surface area contributed by atoms with Gasteiger partial charge in [0.2, 0.25) is 0 Å². The zero-order valence-corrected chi connectivity index (χ0v) is 11.3. The third kappa shape index (κ3) is 2.59. The van der Waals surface area contributed by atoms with Crippen molar-refractivity contribution in [2.24, 2.45) is 0 Å². The minimum Gasteiger partial charge on any atom is -0.336 e. The maximum absolute atomic E-state index is 4.10. The third-order valence-corrected chi connectivity index (χ3v) is 4.40. The summed E-state index contributed by atoms with van der Waals surface area (Å²) in [4.78, 5) is 6.79. The molecule has 0 amide bonds. The topological polar surface area (TPSA) is 33.1 Å². The van der Waals surface area contributed by atoms with E-state index in [1.54, 1.807) is 0 Å². The second kappa shape index (κ2) is 5.41. The molecule has 4 nitrogen and oxygen atoms in total. The van der Waals surface area contributed by atoms with Crippen LogP contribution in [0.3, 0.4) is 0 Å². The molecule has 0 radical (unpaired) electrons. The van der Waals surface area contributed by atoms with Gasteiger partial charge in [-0.05, 0) is 32.7 Å². The summed E-state index contributed by atoms with van der Waals surface area (Å²) in [5.41, 5.74) is 0. The fraction of sp³-hybridized carbons (Fsp3) is 0.786. The van der Waals surface area contributed by atoms with E-state index in [0.717, 1.165) is 12.6 Å². The predicted molar refractivity (Wildman–Crippen MR) is 72.4 cm³/mol. The van der Waals surface area contributed by atoms with Gasteiger partial charge in [-0.15, -0.1) is 0 Å². The van der Waals surface area contributed by atoms with Gasteiger partial charge in [-0.3, -0.25) is 4.90 Å². The summed E-state index contributed by atoms with van der Waals surface area (Å²) >= 11 is 0. The molecule has 3 unspecified atom stereocenters. The lowest BCUT2D eigenvalue weighted by atomic mass is 9.98. The summed E-state index contributed by atoms with van der Waals surface area (Å²) in [6.07, 6.45) is 11.3. The molecule has 0 aromatic carbocycles. The van der Waals surface area contributed by atoms with Crippen LogP contribution < -0.4 is 5.32 Å². The highest BCUT2D eigenvalue weighted by Crippen LogP contribution is 2.27. The Morgan fingerprint density at radius 1 is 1.33 bits per heavy atom. The number of hydrogen-bond donors (Lipinski definition) is 1. The molecular weight excluding hydrogens is 224 g/mol. The van der Waals surface area contributed by atoms with E-state index in [9.17, 15) is 0 Å². The monoisotopic (exact) mass is 248 g/mol. The average molecular weight is 248 g/mol. The van der Waals surface area contributed by atoms with Gasteiger partial charge in [0.25, 0.3) is 0 Å². The van der Waals surface area contributed by atoms with Crippen LogP contribution in [0.15, 0.2) is 18.7 Å². The van der Waals surface area contributed by atoms with Crippen LogP contribution in [-0.4, -0.2) is 45.7 Å². The summed E-state index contributed by atoms with van der Waals surface area (Å²) in [6, 6.07) is 2.01. The molecule has 2 aliphatic rings. The Hall–Kier alpha value is -0.870. The van der Waals surface area contributed by atoms with Crippen molar-refractivity contribution in [1.29, 1.82) is 0 Å². The van der Waals surface area contributed by atoms with Gasteiger partial charge in [-0.25, -0.2) is 4.98 Å². The van der Waals surface area contributed by atoms with E-state index in [1.165, 1.54) is 38.8 Å². The Bertz CT molecular complexity index is 362. The molecule has 1 N–H and O–H groups in total. The molecule has 2 saturated heterocycles. The van der Waals surface area contributed by atoms with E-state index < -0.39 is 0 Å². The fourth-order valence-corrected chi connectivity index (χ4v) is 3.57. The standard InChI is InChI=1S/C14H24N4/c1-12(10-17-9-6-15-11-17)16-13-5-8-18-7-3-2-4-14(13)18/h6,9,11-14,16H,2-5,7-8,10H2,1H3. The smallest absolute Gasteiger partial charge is 0.0946 e. The van der Waals surface area contributed by atoms with Crippen molar-refractivity contribution in [3.05, 3.63) is 18.7 Å². The highest BCUT2D eigenvalue weighted by molar-refractivity contribution is 4.95. The first-order chi connectivity index (χ1) is 8.83. The molecule has 0 spiro atoms. The van der Waals surface area contributed by atoms with E-state index in [4.69, 9.17) is 0 Å². The molecule has 2 aliphatic heterocycles. The SMILES string of the molecule is CC(Cn1ccnc1)NC1CCN2CCCCC12. The van der Waals surface area contributed by atoms with Crippen LogP contribution in [0.1, 0.15) is 32.6 Å². The van der Waals surface area contributed by atoms with Gasteiger partial charge in [0.1, 0.15) is 0 Å². The largest absolute Gasteiger partial charge is 0.336 e. The van der Waals surface area contributed by atoms with Gasteiger partial charge in [0, 0.05) is 43.6 Å². The summed E-state index contributed by atoms with van der Waals surface area (Å²) in [5, 5.41) is 3.83. The molecule has 2 fully saturated rings. The van der Waals surface area contributed by atoms with Gasteiger partial charge in [0.05, 0.1) is 6.33 Å². The van der Waals surface area contributed by atoms with Crippen LogP contribution in [0.2, 0.25) is 0 Å². The van der Waals surface area contributed by atoms with E-state index in [1.807, 2.05) is 18.7 Å². The lowest BCUT2D eigenvalue weighted by Gasteiger charge is -2.33. The average Bonchev–Trinajstić information content (AvgIpc) is 3.00. The summed E-state index contributed by atoms with van der Waals surface area (Å²) in [5.74, 6) is 0. The molecule has 4 heteroatoms. The number of nitrogens with zero attached hydrogens (tertiary/aromatic N) is 3. The maximum atomic E-state index is 4.10. The predicted octanol–water partition coefficient (Wildman–Crippen LogP) is 1.49. The normalized spacial score (nSPS) is 30.3. The van der Waals surface area contributed by atoms with Crippen LogP contribution in [0.5, 0.6) is 0 Å². The van der Waals surface area contributed by atoms with Crippen molar-refractivity contribution in [3.63, 3.8) is 0 Å². The van der Waals surface area contributed by atoms with Gasteiger partial charge < -0.3 is 9.88 Å². The number of fused-ring (bicyclic) bond motifs is 1. The Morgan fingerprint density at radius 3 is 3.11 bits per heavy atom. The van der Waals surface area contributed by atoms with Gasteiger partial charge in [0.15, 0.2) is 0 Å². The Morgan fingerprint density at radius 2 is 2.28 bits per heavy atom. The van der Waals surface area contributed by atoms with E-state index in [-0.39, 0.29) is 0 Å². The van der Waals surface area contributed by atoms with E-state index in [0.29, 0.717) is 12.1 Å². The van der Waals surface area contributed by atoms with Crippen LogP contribution in [0, 0.1) is 0 Å². The van der Waals surface area contributed by atoms with Crippen molar-refractivity contribution in [3.8, 4) is 0 Å². The number of imidazole rings is 1. The first-order valence-electron chi connectivity index (χ1n) is 7.29. The number of rotatable bonds is 4. The number of piperidine rings is 1. The van der Waals surface area contributed by atoms with E-state index in [2.05, 4.69) is 26.7 Å². The van der Waals surface area contributed by atoms with Gasteiger partial charge in [-0.2, -0.15) is 0 Å². The summed E-state index contributed by atoms with van der Waals surface area (Å²) in [6.45, 7) is 5.91. The molecule has 1 aromatic rings. The molecule has 18 heavy (non-hydrogen) atoms. The fourth-order valence-electron chi connectivity index (χ4n) is 3.57. The molecular formula is C14H24N4. The minimum atomic E-state index is 0.520. The van der Waals surface area contributed by atoms with Crippen molar-refractivity contribution in [1.82, 2.24) is 19.8 Å². The Balaban J connectivity index is 1.53. The third-order valence-electron chi connectivity index (χ3n) is 4.40. The summed E-state index contributed by atoms with van der Waals surface area (Å²) < 4.78 is 2.16. The molecule has 0 aliphatic carbocycles. The lowest BCUT2D eigenvalue weighted by molar-refractivity contribution is 0.176. The number of nitrogens with one attached hydrogen (secondary N) is 1. The second-order valence-electron chi connectivity index (χ2n) is 5.82.